The van der Waals surface area contributed by atoms with Crippen molar-refractivity contribution in [2.24, 2.45) is 5.73 Å². The van der Waals surface area contributed by atoms with E-state index >= 15 is 0 Å². The fraction of sp³-hybridized carbons (Fsp3) is 0.556. The molecule has 11 heavy (non-hydrogen) atoms. The normalized spacial score (nSPS) is 23.3. The van der Waals surface area contributed by atoms with Crippen molar-refractivity contribution in [2.45, 2.75) is 32.2 Å². The summed E-state index contributed by atoms with van der Waals surface area (Å²) in [5, 5.41) is 0. The van der Waals surface area contributed by atoms with Gasteiger partial charge in [-0.05, 0) is 31.4 Å². The quantitative estimate of drug-likeness (QED) is 0.608. The molecule has 1 heterocycles. The van der Waals surface area contributed by atoms with E-state index in [4.69, 9.17) is 10.2 Å². The lowest BCUT2D eigenvalue weighted by atomic mass is 9.95. The molecule has 0 radical (unpaired) electrons. The maximum absolute atomic E-state index is 5.80. The second-order valence-corrected chi connectivity index (χ2v) is 3.31. The summed E-state index contributed by atoms with van der Waals surface area (Å²) in [5.74, 6) is 2.13. The molecule has 0 fully saturated rings. The van der Waals surface area contributed by atoms with Gasteiger partial charge in [0.15, 0.2) is 0 Å². The van der Waals surface area contributed by atoms with Crippen LogP contribution in [0.2, 0.25) is 0 Å². The van der Waals surface area contributed by atoms with E-state index in [0.29, 0.717) is 6.04 Å². The third-order valence-electron chi connectivity index (χ3n) is 2.25. The van der Waals surface area contributed by atoms with Crippen LogP contribution in [0.3, 0.4) is 0 Å². The Hall–Kier alpha value is -0.760. The van der Waals surface area contributed by atoms with Gasteiger partial charge >= 0.3 is 0 Å². The number of fused-ring (bicyclic) bond motifs is 1. The molecular weight excluding hydrogens is 138 g/mol. The molecule has 0 aliphatic heterocycles. The van der Waals surface area contributed by atoms with Crippen LogP contribution in [0.15, 0.2) is 10.5 Å². The van der Waals surface area contributed by atoms with Crippen LogP contribution in [-0.4, -0.2) is 6.04 Å². The Balaban J connectivity index is 2.34. The van der Waals surface area contributed by atoms with Gasteiger partial charge < -0.3 is 10.2 Å². The molecular formula is C9H13NO. The van der Waals surface area contributed by atoms with Crippen molar-refractivity contribution in [3.63, 3.8) is 0 Å². The van der Waals surface area contributed by atoms with Gasteiger partial charge in [-0.15, -0.1) is 0 Å². The summed E-state index contributed by atoms with van der Waals surface area (Å²) in [6.45, 7) is 1.99. The van der Waals surface area contributed by atoms with E-state index in [9.17, 15) is 0 Å². The summed E-state index contributed by atoms with van der Waals surface area (Å²) >= 11 is 0. The van der Waals surface area contributed by atoms with Crippen molar-refractivity contribution in [3.8, 4) is 0 Å². The van der Waals surface area contributed by atoms with Crippen LogP contribution >= 0.6 is 0 Å². The highest BCUT2D eigenvalue weighted by molar-refractivity contribution is 5.24. The highest BCUT2D eigenvalue weighted by Crippen LogP contribution is 2.23. The lowest BCUT2D eigenvalue weighted by molar-refractivity contribution is 0.435. The van der Waals surface area contributed by atoms with Gasteiger partial charge in [-0.25, -0.2) is 0 Å². The Morgan fingerprint density at radius 2 is 2.45 bits per heavy atom. The van der Waals surface area contributed by atoms with Crippen LogP contribution in [0.5, 0.6) is 0 Å². The fourth-order valence-electron chi connectivity index (χ4n) is 1.68. The molecule has 0 saturated carbocycles. The SMILES string of the molecule is Cc1cc2c(o1)CC(N)CC2. The molecule has 2 nitrogen and oxygen atoms in total. The first kappa shape index (κ1) is 6.92. The van der Waals surface area contributed by atoms with Gasteiger partial charge in [-0.1, -0.05) is 0 Å². The van der Waals surface area contributed by atoms with Gasteiger partial charge in [0.1, 0.15) is 11.5 Å². The van der Waals surface area contributed by atoms with E-state index < -0.39 is 0 Å². The van der Waals surface area contributed by atoms with Crippen molar-refractivity contribution in [1.29, 1.82) is 0 Å². The second-order valence-electron chi connectivity index (χ2n) is 3.31. The summed E-state index contributed by atoms with van der Waals surface area (Å²) in [6.07, 6.45) is 3.11. The molecule has 60 valence electrons. The van der Waals surface area contributed by atoms with Crippen LogP contribution in [0.1, 0.15) is 23.5 Å². The lowest BCUT2D eigenvalue weighted by Gasteiger charge is -2.15. The van der Waals surface area contributed by atoms with Crippen LogP contribution in [-0.2, 0) is 12.8 Å². The topological polar surface area (TPSA) is 39.2 Å². The van der Waals surface area contributed by atoms with Crippen molar-refractivity contribution < 1.29 is 4.42 Å². The van der Waals surface area contributed by atoms with Crippen molar-refractivity contribution in [1.82, 2.24) is 0 Å². The van der Waals surface area contributed by atoms with Gasteiger partial charge in [-0.2, -0.15) is 0 Å². The first-order valence-electron chi connectivity index (χ1n) is 4.09. The number of hydrogen-bond donors (Lipinski definition) is 1. The highest BCUT2D eigenvalue weighted by Gasteiger charge is 2.18. The van der Waals surface area contributed by atoms with Gasteiger partial charge in [0.05, 0.1) is 0 Å². The van der Waals surface area contributed by atoms with Crippen LogP contribution in [0.25, 0.3) is 0 Å². The molecule has 0 spiro atoms. The van der Waals surface area contributed by atoms with Crippen LogP contribution in [0, 0.1) is 6.92 Å². The first-order valence-corrected chi connectivity index (χ1v) is 4.09. The van der Waals surface area contributed by atoms with Crippen molar-refractivity contribution in [3.05, 3.63) is 23.2 Å². The Labute approximate surface area is 66.4 Å². The Morgan fingerprint density at radius 3 is 3.27 bits per heavy atom. The maximum atomic E-state index is 5.80. The lowest BCUT2D eigenvalue weighted by Crippen LogP contribution is -2.26. The van der Waals surface area contributed by atoms with E-state index in [1.54, 1.807) is 0 Å². The van der Waals surface area contributed by atoms with Crippen LogP contribution < -0.4 is 5.73 Å². The average molecular weight is 151 g/mol. The molecule has 1 aromatic rings. The molecule has 2 heteroatoms. The zero-order chi connectivity index (χ0) is 7.84. The predicted octanol–water partition coefficient (Wildman–Crippen LogP) is 1.40. The molecule has 0 aromatic carbocycles. The third-order valence-corrected chi connectivity index (χ3v) is 2.25. The molecule has 0 bridgehead atoms. The Bertz CT molecular complexity index is 265. The van der Waals surface area contributed by atoms with Gasteiger partial charge in [-0.3, -0.25) is 0 Å². The number of rotatable bonds is 0. The molecule has 1 aliphatic carbocycles. The molecule has 0 amide bonds. The molecule has 1 aromatic heterocycles. The smallest absolute Gasteiger partial charge is 0.108 e. The third kappa shape index (κ3) is 1.18. The minimum absolute atomic E-state index is 0.313. The fourth-order valence-corrected chi connectivity index (χ4v) is 1.68. The van der Waals surface area contributed by atoms with Gasteiger partial charge in [0.2, 0.25) is 0 Å². The molecule has 1 unspecified atom stereocenters. The molecule has 2 N–H and O–H groups in total. The first-order chi connectivity index (χ1) is 5.25. The summed E-state index contributed by atoms with van der Waals surface area (Å²) in [7, 11) is 0. The van der Waals surface area contributed by atoms with E-state index in [1.807, 2.05) is 6.92 Å². The van der Waals surface area contributed by atoms with E-state index in [2.05, 4.69) is 6.07 Å². The summed E-state index contributed by atoms with van der Waals surface area (Å²) in [6, 6.07) is 2.44. The summed E-state index contributed by atoms with van der Waals surface area (Å²) < 4.78 is 5.50. The van der Waals surface area contributed by atoms with E-state index in [-0.39, 0.29) is 0 Å². The minimum atomic E-state index is 0.313. The summed E-state index contributed by atoms with van der Waals surface area (Å²) in [5.41, 5.74) is 7.16. The second kappa shape index (κ2) is 2.38. The van der Waals surface area contributed by atoms with Gasteiger partial charge in [0, 0.05) is 12.5 Å². The van der Waals surface area contributed by atoms with E-state index in [0.717, 1.165) is 30.8 Å². The number of furan rings is 1. The zero-order valence-corrected chi connectivity index (χ0v) is 6.76. The van der Waals surface area contributed by atoms with Gasteiger partial charge in [0.25, 0.3) is 0 Å². The summed E-state index contributed by atoms with van der Waals surface area (Å²) in [4.78, 5) is 0. The van der Waals surface area contributed by atoms with Crippen LogP contribution in [0.4, 0.5) is 0 Å². The zero-order valence-electron chi connectivity index (χ0n) is 6.76. The monoisotopic (exact) mass is 151 g/mol. The van der Waals surface area contributed by atoms with E-state index in [1.165, 1.54) is 5.56 Å². The number of hydrogen-bond acceptors (Lipinski definition) is 2. The Kier molecular flexibility index (Phi) is 1.50. The minimum Gasteiger partial charge on any atom is -0.466 e. The standard InChI is InChI=1S/C9H13NO/c1-6-4-7-2-3-8(10)5-9(7)11-6/h4,8H,2-3,5,10H2,1H3. The molecule has 1 aliphatic rings. The van der Waals surface area contributed by atoms with Crippen molar-refractivity contribution in [2.75, 3.05) is 0 Å². The van der Waals surface area contributed by atoms with Crippen molar-refractivity contribution >= 4 is 0 Å². The number of aryl methyl sites for hydroxylation is 2. The molecule has 2 rings (SSSR count). The largest absolute Gasteiger partial charge is 0.466 e. The highest BCUT2D eigenvalue weighted by atomic mass is 16.3. The molecule has 0 saturated heterocycles. The average Bonchev–Trinajstić information content (AvgIpc) is 2.27. The predicted molar refractivity (Wildman–Crippen MR) is 43.4 cm³/mol. The number of nitrogens with two attached hydrogens (primary N) is 1. The Morgan fingerprint density at radius 1 is 1.64 bits per heavy atom. The molecule has 1 atom stereocenters. The maximum Gasteiger partial charge on any atom is 0.108 e.